The summed E-state index contributed by atoms with van der Waals surface area (Å²) in [6.07, 6.45) is 4.85. The van der Waals surface area contributed by atoms with Crippen molar-refractivity contribution in [1.82, 2.24) is 4.72 Å². The highest BCUT2D eigenvalue weighted by atomic mass is 32.2. The second-order valence-electron chi connectivity index (χ2n) is 4.81. The first kappa shape index (κ1) is 13.4. The van der Waals surface area contributed by atoms with E-state index in [1.165, 1.54) is 32.7 Å². The van der Waals surface area contributed by atoms with Gasteiger partial charge in [0.15, 0.2) is 0 Å². The number of hydrogen-bond acceptors (Lipinski definition) is 3. The highest BCUT2D eigenvalue weighted by Crippen LogP contribution is 2.25. The van der Waals surface area contributed by atoms with E-state index in [-0.39, 0.29) is 0 Å². The summed E-state index contributed by atoms with van der Waals surface area (Å²) in [4.78, 5) is 0.355. The summed E-state index contributed by atoms with van der Waals surface area (Å²) in [6, 6.07) is 6.00. The summed E-state index contributed by atoms with van der Waals surface area (Å²) in [6.45, 7) is 1.81. The SMILES string of the molecule is CNS(=O)(=O)c1cc(NC2CCCC2)ccc1C. The maximum Gasteiger partial charge on any atom is 0.240 e. The first-order valence-electron chi connectivity index (χ1n) is 6.33. The van der Waals surface area contributed by atoms with E-state index >= 15 is 0 Å². The fourth-order valence-corrected chi connectivity index (χ4v) is 3.39. The molecule has 0 spiro atoms. The Bertz CT molecular complexity index is 520. The van der Waals surface area contributed by atoms with Crippen LogP contribution in [-0.2, 0) is 10.0 Å². The number of benzene rings is 1. The van der Waals surface area contributed by atoms with E-state index in [1.54, 1.807) is 6.07 Å². The van der Waals surface area contributed by atoms with Crippen LogP contribution in [0.5, 0.6) is 0 Å². The minimum atomic E-state index is -3.37. The van der Waals surface area contributed by atoms with Crippen molar-refractivity contribution in [2.24, 2.45) is 0 Å². The summed E-state index contributed by atoms with van der Waals surface area (Å²) in [5, 5.41) is 3.41. The molecule has 1 aromatic carbocycles. The molecule has 0 unspecified atom stereocenters. The maximum absolute atomic E-state index is 11.9. The fourth-order valence-electron chi connectivity index (χ4n) is 2.40. The van der Waals surface area contributed by atoms with Crippen molar-refractivity contribution < 1.29 is 8.42 Å². The lowest BCUT2D eigenvalue weighted by atomic mass is 10.2. The first-order valence-corrected chi connectivity index (χ1v) is 7.82. The van der Waals surface area contributed by atoms with Crippen molar-refractivity contribution in [1.29, 1.82) is 0 Å². The van der Waals surface area contributed by atoms with Crippen molar-refractivity contribution in [3.63, 3.8) is 0 Å². The molecule has 0 saturated heterocycles. The van der Waals surface area contributed by atoms with Crippen LogP contribution in [0.2, 0.25) is 0 Å². The van der Waals surface area contributed by atoms with E-state index in [9.17, 15) is 8.42 Å². The smallest absolute Gasteiger partial charge is 0.240 e. The van der Waals surface area contributed by atoms with Crippen LogP contribution in [0.1, 0.15) is 31.2 Å². The predicted molar refractivity (Wildman–Crippen MR) is 73.3 cm³/mol. The topological polar surface area (TPSA) is 58.2 Å². The molecule has 2 N–H and O–H groups in total. The van der Waals surface area contributed by atoms with Crippen LogP contribution in [0, 0.1) is 6.92 Å². The van der Waals surface area contributed by atoms with Gasteiger partial charge < -0.3 is 5.32 Å². The van der Waals surface area contributed by atoms with Crippen LogP contribution < -0.4 is 10.0 Å². The minimum Gasteiger partial charge on any atom is -0.382 e. The second-order valence-corrected chi connectivity index (χ2v) is 6.67. The van der Waals surface area contributed by atoms with Crippen LogP contribution in [0.3, 0.4) is 0 Å². The Morgan fingerprint density at radius 1 is 1.22 bits per heavy atom. The molecular weight excluding hydrogens is 248 g/mol. The Morgan fingerprint density at radius 3 is 2.50 bits per heavy atom. The molecule has 1 saturated carbocycles. The van der Waals surface area contributed by atoms with Gasteiger partial charge in [-0.05, 0) is 44.5 Å². The minimum absolute atomic E-state index is 0.355. The molecule has 0 atom stereocenters. The van der Waals surface area contributed by atoms with Gasteiger partial charge in [-0.3, -0.25) is 0 Å². The Hall–Kier alpha value is -1.07. The van der Waals surface area contributed by atoms with E-state index < -0.39 is 10.0 Å². The molecule has 1 aliphatic rings. The zero-order valence-electron chi connectivity index (χ0n) is 10.9. The molecule has 1 aromatic rings. The molecule has 1 aliphatic carbocycles. The standard InChI is InChI=1S/C13H20N2O2S/c1-10-7-8-12(15-11-5-3-4-6-11)9-13(10)18(16,17)14-2/h7-9,11,14-15H,3-6H2,1-2H3. The van der Waals surface area contributed by atoms with Crippen molar-refractivity contribution in [3.8, 4) is 0 Å². The van der Waals surface area contributed by atoms with Gasteiger partial charge in [-0.1, -0.05) is 18.9 Å². The van der Waals surface area contributed by atoms with Gasteiger partial charge in [0.2, 0.25) is 10.0 Å². The van der Waals surface area contributed by atoms with E-state index in [0.717, 1.165) is 11.3 Å². The molecule has 4 nitrogen and oxygen atoms in total. The normalized spacial score (nSPS) is 17.0. The molecule has 18 heavy (non-hydrogen) atoms. The average Bonchev–Trinajstić information content (AvgIpc) is 2.84. The van der Waals surface area contributed by atoms with Gasteiger partial charge >= 0.3 is 0 Å². The number of aryl methyl sites for hydroxylation is 1. The summed E-state index contributed by atoms with van der Waals surface area (Å²) >= 11 is 0. The Kier molecular flexibility index (Phi) is 3.92. The lowest BCUT2D eigenvalue weighted by molar-refractivity contribution is 0.587. The molecule has 100 valence electrons. The number of anilines is 1. The number of sulfonamides is 1. The number of nitrogens with one attached hydrogen (secondary N) is 2. The highest BCUT2D eigenvalue weighted by Gasteiger charge is 2.18. The van der Waals surface area contributed by atoms with Gasteiger partial charge in [-0.15, -0.1) is 0 Å². The molecule has 0 aliphatic heterocycles. The highest BCUT2D eigenvalue weighted by molar-refractivity contribution is 7.89. The molecule has 0 amide bonds. The summed E-state index contributed by atoms with van der Waals surface area (Å²) < 4.78 is 26.1. The zero-order valence-corrected chi connectivity index (χ0v) is 11.7. The van der Waals surface area contributed by atoms with Crippen molar-refractivity contribution in [3.05, 3.63) is 23.8 Å². The summed E-state index contributed by atoms with van der Waals surface area (Å²) in [5.74, 6) is 0. The molecule has 1 fully saturated rings. The van der Waals surface area contributed by atoms with Gasteiger partial charge in [0.1, 0.15) is 0 Å². The first-order chi connectivity index (χ1) is 8.53. The molecule has 0 heterocycles. The zero-order chi connectivity index (χ0) is 13.2. The van der Waals surface area contributed by atoms with Crippen LogP contribution in [0.25, 0.3) is 0 Å². The third-order valence-corrected chi connectivity index (χ3v) is 5.03. The molecule has 5 heteroatoms. The molecule has 0 aromatic heterocycles. The van der Waals surface area contributed by atoms with Gasteiger partial charge in [-0.2, -0.15) is 0 Å². The molecule has 0 bridgehead atoms. The van der Waals surface area contributed by atoms with Crippen LogP contribution >= 0.6 is 0 Å². The van der Waals surface area contributed by atoms with Gasteiger partial charge in [-0.25, -0.2) is 13.1 Å². The summed E-state index contributed by atoms with van der Waals surface area (Å²) in [7, 11) is -1.94. The van der Waals surface area contributed by atoms with Crippen molar-refractivity contribution >= 4 is 15.7 Å². The Labute approximate surface area is 109 Å². The van der Waals surface area contributed by atoms with Crippen molar-refractivity contribution in [2.45, 2.75) is 43.5 Å². The average molecular weight is 268 g/mol. The second kappa shape index (κ2) is 5.28. The molecular formula is C13H20N2O2S. The lowest BCUT2D eigenvalue weighted by Gasteiger charge is -2.15. The number of hydrogen-bond donors (Lipinski definition) is 2. The van der Waals surface area contributed by atoms with E-state index in [2.05, 4.69) is 10.0 Å². The van der Waals surface area contributed by atoms with Gasteiger partial charge in [0, 0.05) is 11.7 Å². The Morgan fingerprint density at radius 2 is 1.89 bits per heavy atom. The number of rotatable bonds is 4. The largest absolute Gasteiger partial charge is 0.382 e. The summed E-state index contributed by atoms with van der Waals surface area (Å²) in [5.41, 5.74) is 1.66. The third kappa shape index (κ3) is 2.84. The van der Waals surface area contributed by atoms with E-state index in [1.807, 2.05) is 19.1 Å². The molecule has 2 rings (SSSR count). The van der Waals surface area contributed by atoms with E-state index in [0.29, 0.717) is 10.9 Å². The maximum atomic E-state index is 11.9. The van der Waals surface area contributed by atoms with Crippen LogP contribution in [0.4, 0.5) is 5.69 Å². The van der Waals surface area contributed by atoms with Crippen LogP contribution in [-0.4, -0.2) is 21.5 Å². The van der Waals surface area contributed by atoms with Gasteiger partial charge in [0.05, 0.1) is 4.90 Å². The fraction of sp³-hybridized carbons (Fsp3) is 0.538. The molecule has 0 radical (unpaired) electrons. The monoisotopic (exact) mass is 268 g/mol. The van der Waals surface area contributed by atoms with Crippen LogP contribution in [0.15, 0.2) is 23.1 Å². The van der Waals surface area contributed by atoms with E-state index in [4.69, 9.17) is 0 Å². The third-order valence-electron chi connectivity index (χ3n) is 3.47. The quantitative estimate of drug-likeness (QED) is 0.880. The lowest BCUT2D eigenvalue weighted by Crippen LogP contribution is -2.20. The van der Waals surface area contributed by atoms with Gasteiger partial charge in [0.25, 0.3) is 0 Å². The van der Waals surface area contributed by atoms with Crippen molar-refractivity contribution in [2.75, 3.05) is 12.4 Å². The Balaban J connectivity index is 2.26. The predicted octanol–water partition coefficient (Wildman–Crippen LogP) is 2.26.